The molecule has 0 aliphatic carbocycles. The molecule has 2 aromatic heterocycles. The van der Waals surface area contributed by atoms with Gasteiger partial charge >= 0.3 is 5.97 Å². The number of carbonyl (C=O) groups is 2. The first kappa shape index (κ1) is 16.3. The number of fused-ring (bicyclic) bond motifs is 1. The number of carboxylic acid groups (broad SMARTS) is 1. The minimum absolute atomic E-state index is 0.0568. The van der Waals surface area contributed by atoms with Crippen molar-refractivity contribution in [2.45, 2.75) is 25.3 Å². The van der Waals surface area contributed by atoms with Crippen molar-refractivity contribution in [2.75, 3.05) is 6.54 Å². The number of benzene rings is 1. The predicted molar refractivity (Wildman–Crippen MR) is 89.3 cm³/mol. The second kappa shape index (κ2) is 6.29. The van der Waals surface area contributed by atoms with Crippen LogP contribution in [-0.2, 0) is 0 Å². The summed E-state index contributed by atoms with van der Waals surface area (Å²) in [6, 6.07) is 5.15. The average Bonchev–Trinajstić information content (AvgIpc) is 3.27. The molecule has 3 heterocycles. The van der Waals surface area contributed by atoms with Crippen LogP contribution in [0.2, 0.25) is 0 Å². The molecule has 1 unspecified atom stereocenters. The number of nitrogens with one attached hydrogen (secondary N) is 1. The third kappa shape index (κ3) is 2.73. The van der Waals surface area contributed by atoms with E-state index in [1.54, 1.807) is 4.90 Å². The van der Waals surface area contributed by atoms with Gasteiger partial charge in [0.15, 0.2) is 5.76 Å². The van der Waals surface area contributed by atoms with Gasteiger partial charge in [0.2, 0.25) is 0 Å². The van der Waals surface area contributed by atoms with E-state index in [0.29, 0.717) is 29.6 Å². The van der Waals surface area contributed by atoms with Crippen LogP contribution >= 0.6 is 0 Å². The predicted octanol–water partition coefficient (Wildman–Crippen LogP) is 3.36. The zero-order chi connectivity index (χ0) is 18.3. The number of aromatic nitrogens is 2. The van der Waals surface area contributed by atoms with Crippen LogP contribution in [0, 0.1) is 5.82 Å². The number of piperidine rings is 1. The van der Waals surface area contributed by atoms with Crippen LogP contribution in [0.1, 0.15) is 51.9 Å². The van der Waals surface area contributed by atoms with E-state index < -0.39 is 17.8 Å². The van der Waals surface area contributed by atoms with Crippen molar-refractivity contribution in [3.05, 3.63) is 53.3 Å². The van der Waals surface area contributed by atoms with Crippen molar-refractivity contribution in [1.29, 1.82) is 0 Å². The number of likely N-dealkylation sites (tertiary alicyclic amines) is 1. The van der Waals surface area contributed by atoms with Gasteiger partial charge in [0.1, 0.15) is 17.0 Å². The molecule has 0 bridgehead atoms. The van der Waals surface area contributed by atoms with Crippen molar-refractivity contribution in [1.82, 2.24) is 15.1 Å². The van der Waals surface area contributed by atoms with E-state index in [-0.39, 0.29) is 17.2 Å². The van der Waals surface area contributed by atoms with Crippen molar-refractivity contribution >= 4 is 22.8 Å². The van der Waals surface area contributed by atoms with E-state index >= 15 is 0 Å². The maximum Gasteiger partial charge on any atom is 0.339 e. The summed E-state index contributed by atoms with van der Waals surface area (Å²) in [4.78, 5) is 26.0. The lowest BCUT2D eigenvalue weighted by atomic mass is 9.96. The van der Waals surface area contributed by atoms with Crippen LogP contribution < -0.4 is 0 Å². The fraction of sp³-hybridized carbons (Fsp3) is 0.278. The number of halogens is 1. The monoisotopic (exact) mass is 357 g/mol. The summed E-state index contributed by atoms with van der Waals surface area (Å²) >= 11 is 0. The third-order valence-corrected chi connectivity index (χ3v) is 4.69. The molecule has 8 heteroatoms. The molecule has 1 amide bonds. The minimum atomic E-state index is -1.09. The molecule has 26 heavy (non-hydrogen) atoms. The normalized spacial score (nSPS) is 17.6. The fourth-order valence-corrected chi connectivity index (χ4v) is 3.46. The molecule has 7 nitrogen and oxygen atoms in total. The molecular formula is C18H16FN3O4. The van der Waals surface area contributed by atoms with Gasteiger partial charge in [-0.05, 0) is 43.5 Å². The molecule has 0 spiro atoms. The summed E-state index contributed by atoms with van der Waals surface area (Å²) in [6.07, 6.45) is 3.56. The fourth-order valence-electron chi connectivity index (χ4n) is 3.46. The van der Waals surface area contributed by atoms with Crippen LogP contribution in [0.4, 0.5) is 4.39 Å². The van der Waals surface area contributed by atoms with E-state index in [0.717, 1.165) is 12.8 Å². The number of hydrogen-bond acceptors (Lipinski definition) is 4. The number of hydrogen-bond donors (Lipinski definition) is 2. The molecule has 4 rings (SSSR count). The second-order valence-corrected chi connectivity index (χ2v) is 6.31. The summed E-state index contributed by atoms with van der Waals surface area (Å²) in [6.45, 7) is 0.479. The van der Waals surface area contributed by atoms with Gasteiger partial charge < -0.3 is 14.4 Å². The van der Waals surface area contributed by atoms with Crippen LogP contribution in [0.15, 0.2) is 34.9 Å². The van der Waals surface area contributed by atoms with E-state index in [9.17, 15) is 19.1 Å². The molecule has 0 radical (unpaired) electrons. The van der Waals surface area contributed by atoms with Crippen molar-refractivity contribution in [3.8, 4) is 0 Å². The van der Waals surface area contributed by atoms with Gasteiger partial charge in [-0.25, -0.2) is 9.18 Å². The molecule has 0 saturated carbocycles. The largest absolute Gasteiger partial charge is 0.478 e. The first-order valence-electron chi connectivity index (χ1n) is 8.31. The van der Waals surface area contributed by atoms with Gasteiger partial charge in [0.25, 0.3) is 5.91 Å². The Bertz CT molecular complexity index is 993. The number of carbonyl (C=O) groups excluding carboxylic acids is 1. The van der Waals surface area contributed by atoms with Gasteiger partial charge in [0, 0.05) is 11.9 Å². The molecule has 3 aromatic rings. The number of furan rings is 1. The van der Waals surface area contributed by atoms with Gasteiger partial charge in [-0.3, -0.25) is 9.89 Å². The molecule has 1 aromatic carbocycles. The van der Waals surface area contributed by atoms with E-state index in [1.165, 1.54) is 30.5 Å². The number of aromatic amines is 1. The Balaban J connectivity index is 1.69. The zero-order valence-corrected chi connectivity index (χ0v) is 13.7. The number of carboxylic acids is 1. The number of nitrogens with zero attached hydrogens (tertiary/aromatic N) is 2. The highest BCUT2D eigenvalue weighted by Gasteiger charge is 2.34. The molecule has 1 aliphatic rings. The standard InChI is InChI=1S/C18H16FN3O4/c19-11-4-5-14-10(7-11)8-15(26-14)17(23)22-6-2-1-3-13(22)16-12(18(24)25)9-20-21-16/h4-5,7-9,13H,1-3,6H2,(H,20,21)(H,24,25). The number of amides is 1. The van der Waals surface area contributed by atoms with Crippen LogP contribution in [0.3, 0.4) is 0 Å². The maximum absolute atomic E-state index is 13.4. The maximum atomic E-state index is 13.4. The SMILES string of the molecule is O=C(O)c1cn[nH]c1C1CCCCN1C(=O)c1cc2cc(F)ccc2o1. The second-order valence-electron chi connectivity index (χ2n) is 6.31. The van der Waals surface area contributed by atoms with Crippen molar-refractivity contribution in [2.24, 2.45) is 0 Å². The Hall–Kier alpha value is -3.16. The molecule has 1 fully saturated rings. The minimum Gasteiger partial charge on any atom is -0.478 e. The number of H-pyrrole nitrogens is 1. The summed E-state index contributed by atoms with van der Waals surface area (Å²) in [5.74, 6) is -1.74. The number of aromatic carboxylic acids is 1. The van der Waals surface area contributed by atoms with Gasteiger partial charge in [-0.2, -0.15) is 5.10 Å². The lowest BCUT2D eigenvalue weighted by molar-refractivity contribution is 0.0563. The summed E-state index contributed by atoms with van der Waals surface area (Å²) in [7, 11) is 0. The highest BCUT2D eigenvalue weighted by molar-refractivity contribution is 5.96. The van der Waals surface area contributed by atoms with Gasteiger partial charge in [-0.1, -0.05) is 0 Å². The molecule has 2 N–H and O–H groups in total. The molecule has 134 valence electrons. The lowest BCUT2D eigenvalue weighted by Gasteiger charge is -2.34. The molecule has 1 aliphatic heterocycles. The number of rotatable bonds is 3. The first-order chi connectivity index (χ1) is 12.5. The summed E-state index contributed by atoms with van der Waals surface area (Å²) < 4.78 is 18.9. The van der Waals surface area contributed by atoms with E-state index in [1.807, 2.05) is 0 Å². The Morgan fingerprint density at radius 1 is 1.31 bits per heavy atom. The first-order valence-corrected chi connectivity index (χ1v) is 8.31. The Morgan fingerprint density at radius 3 is 2.96 bits per heavy atom. The van der Waals surface area contributed by atoms with Crippen LogP contribution in [0.5, 0.6) is 0 Å². The van der Waals surface area contributed by atoms with Crippen molar-refractivity contribution < 1.29 is 23.5 Å². The summed E-state index contributed by atoms with van der Waals surface area (Å²) in [5, 5.41) is 16.4. The molecular weight excluding hydrogens is 341 g/mol. The van der Waals surface area contributed by atoms with E-state index in [2.05, 4.69) is 10.2 Å². The molecule has 1 saturated heterocycles. The topological polar surface area (TPSA) is 99.4 Å². The quantitative estimate of drug-likeness (QED) is 0.749. The third-order valence-electron chi connectivity index (χ3n) is 4.69. The zero-order valence-electron chi connectivity index (χ0n) is 13.7. The van der Waals surface area contributed by atoms with Crippen molar-refractivity contribution in [3.63, 3.8) is 0 Å². The average molecular weight is 357 g/mol. The Morgan fingerprint density at radius 2 is 2.15 bits per heavy atom. The van der Waals surface area contributed by atoms with Crippen LogP contribution in [-0.4, -0.2) is 38.6 Å². The highest BCUT2D eigenvalue weighted by Crippen LogP contribution is 2.33. The highest BCUT2D eigenvalue weighted by atomic mass is 19.1. The van der Waals surface area contributed by atoms with Crippen LogP contribution in [0.25, 0.3) is 11.0 Å². The smallest absolute Gasteiger partial charge is 0.339 e. The lowest BCUT2D eigenvalue weighted by Crippen LogP contribution is -2.39. The van der Waals surface area contributed by atoms with E-state index in [4.69, 9.17) is 4.42 Å². The Labute approximate surface area is 147 Å². The van der Waals surface area contributed by atoms with Gasteiger partial charge in [0.05, 0.1) is 17.9 Å². The summed E-state index contributed by atoms with van der Waals surface area (Å²) in [5.41, 5.74) is 0.894. The molecule has 1 atom stereocenters. The van der Waals surface area contributed by atoms with Gasteiger partial charge in [-0.15, -0.1) is 0 Å². The Kier molecular flexibility index (Phi) is 3.95.